The molecule has 0 bridgehead atoms. The van der Waals surface area contributed by atoms with Gasteiger partial charge in [-0.2, -0.15) is 0 Å². The molecule has 0 aromatic carbocycles. The van der Waals surface area contributed by atoms with Crippen molar-refractivity contribution in [1.82, 2.24) is 5.01 Å². The standard InChI is InChI=1S/C7H14FN3O/c8-3-1-2-7(9)6-11(10)4-5-12/h5-6H,1-4,9-10H2/b7-6-. The summed E-state index contributed by atoms with van der Waals surface area (Å²) in [7, 11) is 0. The number of hydrogen-bond donors (Lipinski definition) is 2. The van der Waals surface area contributed by atoms with Gasteiger partial charge in [-0.25, -0.2) is 5.84 Å². The fourth-order valence-corrected chi connectivity index (χ4v) is 0.687. The van der Waals surface area contributed by atoms with Gasteiger partial charge in [0.25, 0.3) is 0 Å². The van der Waals surface area contributed by atoms with Gasteiger partial charge in [-0.05, 0) is 12.8 Å². The summed E-state index contributed by atoms with van der Waals surface area (Å²) in [6.45, 7) is -0.302. The number of hydrazine groups is 1. The minimum atomic E-state index is -0.396. The normalized spacial score (nSPS) is 11.3. The van der Waals surface area contributed by atoms with Crippen LogP contribution in [0.2, 0.25) is 0 Å². The van der Waals surface area contributed by atoms with Crippen LogP contribution < -0.4 is 11.6 Å². The Morgan fingerprint density at radius 2 is 2.25 bits per heavy atom. The molecule has 70 valence electrons. The summed E-state index contributed by atoms with van der Waals surface area (Å²) in [4.78, 5) is 9.96. The van der Waals surface area contributed by atoms with Gasteiger partial charge in [-0.15, -0.1) is 0 Å². The second-order valence-corrected chi connectivity index (χ2v) is 2.36. The number of aldehydes is 1. The quantitative estimate of drug-likeness (QED) is 0.336. The molecule has 0 unspecified atom stereocenters. The highest BCUT2D eigenvalue weighted by Gasteiger charge is 1.94. The smallest absolute Gasteiger partial charge is 0.140 e. The Hall–Kier alpha value is -1.10. The van der Waals surface area contributed by atoms with Crippen LogP contribution in [0.5, 0.6) is 0 Å². The second kappa shape index (κ2) is 6.60. The largest absolute Gasteiger partial charge is 0.401 e. The van der Waals surface area contributed by atoms with Gasteiger partial charge in [0, 0.05) is 11.9 Å². The van der Waals surface area contributed by atoms with E-state index >= 15 is 0 Å². The minimum Gasteiger partial charge on any atom is -0.401 e. The fourth-order valence-electron chi connectivity index (χ4n) is 0.687. The molecule has 0 heterocycles. The third kappa shape index (κ3) is 5.67. The molecule has 0 spiro atoms. The molecule has 5 heteroatoms. The van der Waals surface area contributed by atoms with Crippen LogP contribution in [0.3, 0.4) is 0 Å². The first-order valence-electron chi connectivity index (χ1n) is 3.67. The molecule has 0 aliphatic rings. The molecular formula is C7H14FN3O. The van der Waals surface area contributed by atoms with Crippen LogP contribution >= 0.6 is 0 Å². The molecular weight excluding hydrogens is 161 g/mol. The van der Waals surface area contributed by atoms with Gasteiger partial charge in [0.05, 0.1) is 13.2 Å². The third-order valence-corrected chi connectivity index (χ3v) is 1.22. The highest BCUT2D eigenvalue weighted by Crippen LogP contribution is 1.98. The van der Waals surface area contributed by atoms with Crippen molar-refractivity contribution in [1.29, 1.82) is 0 Å². The topological polar surface area (TPSA) is 72.3 Å². The molecule has 0 aliphatic heterocycles. The highest BCUT2D eigenvalue weighted by molar-refractivity contribution is 5.52. The number of rotatable bonds is 6. The van der Waals surface area contributed by atoms with E-state index in [2.05, 4.69) is 0 Å². The molecule has 4 nitrogen and oxygen atoms in total. The molecule has 0 saturated heterocycles. The number of allylic oxidation sites excluding steroid dienone is 1. The molecule has 0 atom stereocenters. The third-order valence-electron chi connectivity index (χ3n) is 1.22. The molecule has 0 fully saturated rings. The summed E-state index contributed by atoms with van der Waals surface area (Å²) in [5.74, 6) is 5.31. The van der Waals surface area contributed by atoms with Crippen LogP contribution in [-0.2, 0) is 4.79 Å². The summed E-state index contributed by atoms with van der Waals surface area (Å²) in [6, 6.07) is 0. The number of nitrogens with two attached hydrogens (primary N) is 2. The van der Waals surface area contributed by atoms with E-state index in [0.717, 1.165) is 0 Å². The number of hydrogen-bond acceptors (Lipinski definition) is 4. The van der Waals surface area contributed by atoms with Crippen LogP contribution in [0.4, 0.5) is 4.39 Å². The van der Waals surface area contributed by atoms with E-state index in [4.69, 9.17) is 11.6 Å². The van der Waals surface area contributed by atoms with Crippen molar-refractivity contribution in [3.05, 3.63) is 11.9 Å². The lowest BCUT2D eigenvalue weighted by atomic mass is 10.3. The Balaban J connectivity index is 3.71. The lowest BCUT2D eigenvalue weighted by molar-refractivity contribution is -0.108. The predicted molar refractivity (Wildman–Crippen MR) is 44.4 cm³/mol. The first-order valence-corrected chi connectivity index (χ1v) is 3.67. The van der Waals surface area contributed by atoms with Crippen LogP contribution in [0, 0.1) is 0 Å². The van der Waals surface area contributed by atoms with Crippen molar-refractivity contribution in [2.75, 3.05) is 13.2 Å². The lowest BCUT2D eigenvalue weighted by Crippen LogP contribution is -2.28. The van der Waals surface area contributed by atoms with E-state index in [1.807, 2.05) is 0 Å². The van der Waals surface area contributed by atoms with Crippen LogP contribution in [-0.4, -0.2) is 24.5 Å². The van der Waals surface area contributed by atoms with Gasteiger partial charge in [-0.1, -0.05) is 0 Å². The van der Waals surface area contributed by atoms with Gasteiger partial charge in [0.15, 0.2) is 0 Å². The van der Waals surface area contributed by atoms with Crippen molar-refractivity contribution < 1.29 is 9.18 Å². The van der Waals surface area contributed by atoms with E-state index in [1.54, 1.807) is 0 Å². The van der Waals surface area contributed by atoms with Crippen molar-refractivity contribution >= 4 is 6.29 Å². The first-order chi connectivity index (χ1) is 5.70. The Bertz CT molecular complexity index is 161. The molecule has 0 rings (SSSR count). The summed E-state index contributed by atoms with van der Waals surface area (Å²) in [6.07, 6.45) is 2.95. The molecule has 12 heavy (non-hydrogen) atoms. The van der Waals surface area contributed by atoms with Gasteiger partial charge in [0.2, 0.25) is 0 Å². The minimum absolute atomic E-state index is 0.0936. The van der Waals surface area contributed by atoms with E-state index < -0.39 is 6.67 Å². The van der Waals surface area contributed by atoms with Crippen LogP contribution in [0.25, 0.3) is 0 Å². The average molecular weight is 175 g/mol. The highest BCUT2D eigenvalue weighted by atomic mass is 19.1. The molecule has 0 radical (unpaired) electrons. The summed E-state index contributed by atoms with van der Waals surface area (Å²) >= 11 is 0. The van der Waals surface area contributed by atoms with Gasteiger partial charge < -0.3 is 15.5 Å². The molecule has 0 aromatic heterocycles. The monoisotopic (exact) mass is 175 g/mol. The average Bonchev–Trinajstić information content (AvgIpc) is 2.01. The molecule has 0 aromatic rings. The Labute approximate surface area is 71.0 Å². The Morgan fingerprint density at radius 3 is 2.75 bits per heavy atom. The molecule has 0 saturated carbocycles. The summed E-state index contributed by atoms with van der Waals surface area (Å²) < 4.78 is 11.7. The van der Waals surface area contributed by atoms with Crippen molar-refractivity contribution in [3.8, 4) is 0 Å². The van der Waals surface area contributed by atoms with E-state index in [1.165, 1.54) is 11.2 Å². The number of nitrogens with zero attached hydrogens (tertiary/aromatic N) is 1. The van der Waals surface area contributed by atoms with Gasteiger partial charge >= 0.3 is 0 Å². The molecule has 0 amide bonds. The maximum Gasteiger partial charge on any atom is 0.140 e. The fraction of sp³-hybridized carbons (Fsp3) is 0.571. The predicted octanol–water partition coefficient (Wildman–Crippen LogP) is -0.0892. The van der Waals surface area contributed by atoms with E-state index in [9.17, 15) is 9.18 Å². The van der Waals surface area contributed by atoms with Crippen LogP contribution in [0.1, 0.15) is 12.8 Å². The Morgan fingerprint density at radius 1 is 1.58 bits per heavy atom. The van der Waals surface area contributed by atoms with E-state index in [0.29, 0.717) is 24.8 Å². The zero-order valence-electron chi connectivity index (χ0n) is 6.87. The van der Waals surface area contributed by atoms with Gasteiger partial charge in [0.1, 0.15) is 6.29 Å². The number of carbonyl (C=O) groups is 1. The van der Waals surface area contributed by atoms with Crippen molar-refractivity contribution in [3.63, 3.8) is 0 Å². The van der Waals surface area contributed by atoms with Crippen molar-refractivity contribution in [2.45, 2.75) is 12.8 Å². The molecule has 0 aliphatic carbocycles. The first kappa shape index (κ1) is 10.9. The lowest BCUT2D eigenvalue weighted by Gasteiger charge is -2.10. The molecule has 4 N–H and O–H groups in total. The maximum atomic E-state index is 11.7. The Kier molecular flexibility index (Phi) is 6.00. The second-order valence-electron chi connectivity index (χ2n) is 2.36. The summed E-state index contributed by atoms with van der Waals surface area (Å²) in [5, 5.41) is 1.17. The number of alkyl halides is 1. The van der Waals surface area contributed by atoms with Crippen molar-refractivity contribution in [2.24, 2.45) is 11.6 Å². The summed E-state index contributed by atoms with van der Waals surface area (Å²) in [5.41, 5.74) is 5.93. The van der Waals surface area contributed by atoms with Crippen LogP contribution in [0.15, 0.2) is 11.9 Å². The maximum absolute atomic E-state index is 11.7. The number of halogens is 1. The zero-order valence-corrected chi connectivity index (χ0v) is 6.87. The van der Waals surface area contributed by atoms with E-state index in [-0.39, 0.29) is 6.54 Å². The van der Waals surface area contributed by atoms with Gasteiger partial charge in [-0.3, -0.25) is 4.39 Å². The SMILES string of the molecule is N/C(=C\N(N)CC=O)CCCF. The number of carbonyl (C=O) groups excluding carboxylic acids is 1. The zero-order chi connectivity index (χ0) is 9.40.